The summed E-state index contributed by atoms with van der Waals surface area (Å²) in [6.07, 6.45) is 4.32. The summed E-state index contributed by atoms with van der Waals surface area (Å²) in [6, 6.07) is 13.4. The molecular formula is C23H29ClN4O. The van der Waals surface area contributed by atoms with Gasteiger partial charge in [0.25, 0.3) is 0 Å². The minimum atomic E-state index is 0.0219. The highest BCUT2D eigenvalue weighted by molar-refractivity contribution is 6.30. The van der Waals surface area contributed by atoms with E-state index in [-0.39, 0.29) is 5.91 Å². The summed E-state index contributed by atoms with van der Waals surface area (Å²) in [4.78, 5) is 19.8. The molecule has 6 heteroatoms. The molecule has 0 atom stereocenters. The molecule has 0 unspecified atom stereocenters. The molecule has 0 spiro atoms. The van der Waals surface area contributed by atoms with Crippen LogP contribution in [0.25, 0.3) is 16.9 Å². The molecule has 2 heterocycles. The summed E-state index contributed by atoms with van der Waals surface area (Å²) >= 11 is 6.03. The Labute approximate surface area is 177 Å². The molecule has 3 rings (SSSR count). The molecular weight excluding hydrogens is 384 g/mol. The summed E-state index contributed by atoms with van der Waals surface area (Å²) in [5.41, 5.74) is 3.51. The van der Waals surface area contributed by atoms with Crippen molar-refractivity contribution in [3.8, 4) is 11.3 Å². The largest absolute Gasteiger partial charge is 0.356 e. The molecule has 0 aliphatic rings. The smallest absolute Gasteiger partial charge is 0.226 e. The highest BCUT2D eigenvalue weighted by Gasteiger charge is 2.16. The van der Waals surface area contributed by atoms with E-state index in [9.17, 15) is 4.79 Å². The first kappa shape index (κ1) is 21.3. The zero-order valence-corrected chi connectivity index (χ0v) is 18.0. The first-order valence-corrected chi connectivity index (χ1v) is 10.7. The van der Waals surface area contributed by atoms with Gasteiger partial charge in [-0.15, -0.1) is 0 Å². The van der Waals surface area contributed by atoms with Crippen molar-refractivity contribution in [3.63, 3.8) is 0 Å². The zero-order chi connectivity index (χ0) is 20.6. The summed E-state index contributed by atoms with van der Waals surface area (Å²) in [6.45, 7) is 8.29. The second-order valence-corrected chi connectivity index (χ2v) is 7.54. The van der Waals surface area contributed by atoms with Crippen LogP contribution in [0.1, 0.15) is 32.4 Å². The highest BCUT2D eigenvalue weighted by atomic mass is 35.5. The fraction of sp³-hybridized carbons (Fsp3) is 0.391. The van der Waals surface area contributed by atoms with E-state index in [1.54, 1.807) is 0 Å². The first-order valence-electron chi connectivity index (χ1n) is 10.3. The SMILES string of the molecule is CCN(CC)CCCCNC(=O)Cc1c(-c2ccc(Cl)cc2)nc2ccccn12. The van der Waals surface area contributed by atoms with Crippen LogP contribution in [0.15, 0.2) is 48.7 Å². The van der Waals surface area contributed by atoms with Gasteiger partial charge in [-0.25, -0.2) is 4.98 Å². The number of rotatable bonds is 10. The standard InChI is InChI=1S/C23H29ClN4O/c1-3-27(4-2)15-8-6-14-25-22(29)17-20-23(18-10-12-19(24)13-11-18)26-21-9-5-7-16-28(20)21/h5,7,9-13,16H,3-4,6,8,14-15,17H2,1-2H3,(H,25,29). The van der Waals surface area contributed by atoms with Gasteiger partial charge in [0.2, 0.25) is 5.91 Å². The number of benzene rings is 1. The van der Waals surface area contributed by atoms with E-state index in [4.69, 9.17) is 16.6 Å². The van der Waals surface area contributed by atoms with Crippen molar-refractivity contribution < 1.29 is 4.79 Å². The van der Waals surface area contributed by atoms with Gasteiger partial charge in [-0.2, -0.15) is 0 Å². The summed E-state index contributed by atoms with van der Waals surface area (Å²) in [5.74, 6) is 0.0219. The van der Waals surface area contributed by atoms with Crippen LogP contribution in [0.2, 0.25) is 5.02 Å². The molecule has 0 fully saturated rings. The quantitative estimate of drug-likeness (QED) is 0.501. The molecule has 1 N–H and O–H groups in total. The Balaban J connectivity index is 1.66. The van der Waals surface area contributed by atoms with Crippen molar-refractivity contribution in [2.24, 2.45) is 0 Å². The van der Waals surface area contributed by atoms with Crippen LogP contribution in [-0.4, -0.2) is 46.4 Å². The lowest BCUT2D eigenvalue weighted by Gasteiger charge is -2.17. The number of pyridine rings is 1. The van der Waals surface area contributed by atoms with E-state index in [1.165, 1.54) is 0 Å². The first-order chi connectivity index (χ1) is 14.1. The van der Waals surface area contributed by atoms with Gasteiger partial charge >= 0.3 is 0 Å². The number of aromatic nitrogens is 2. The summed E-state index contributed by atoms with van der Waals surface area (Å²) in [7, 11) is 0. The Kier molecular flexibility index (Phi) is 7.67. The minimum absolute atomic E-state index is 0.0219. The van der Waals surface area contributed by atoms with Crippen molar-refractivity contribution in [2.75, 3.05) is 26.2 Å². The molecule has 154 valence electrons. The molecule has 0 saturated heterocycles. The predicted molar refractivity (Wildman–Crippen MR) is 119 cm³/mol. The lowest BCUT2D eigenvalue weighted by Crippen LogP contribution is -2.28. The van der Waals surface area contributed by atoms with Gasteiger partial charge in [0, 0.05) is 23.3 Å². The molecule has 1 amide bonds. The van der Waals surface area contributed by atoms with Crippen LogP contribution >= 0.6 is 11.6 Å². The maximum absolute atomic E-state index is 12.6. The van der Waals surface area contributed by atoms with E-state index in [0.29, 0.717) is 18.0 Å². The number of nitrogens with zero attached hydrogens (tertiary/aromatic N) is 3. The Morgan fingerprint density at radius 1 is 1.10 bits per heavy atom. The van der Waals surface area contributed by atoms with Crippen molar-refractivity contribution >= 4 is 23.2 Å². The number of carbonyl (C=O) groups excluding carboxylic acids is 1. The number of fused-ring (bicyclic) bond motifs is 1. The van der Waals surface area contributed by atoms with Crippen molar-refractivity contribution in [3.05, 3.63) is 59.4 Å². The van der Waals surface area contributed by atoms with Crippen LogP contribution in [0.3, 0.4) is 0 Å². The van der Waals surface area contributed by atoms with E-state index in [0.717, 1.165) is 55.1 Å². The fourth-order valence-electron chi connectivity index (χ4n) is 3.50. The Morgan fingerprint density at radius 3 is 2.59 bits per heavy atom. The molecule has 0 saturated carbocycles. The third kappa shape index (κ3) is 5.58. The van der Waals surface area contributed by atoms with Gasteiger partial charge in [-0.3, -0.25) is 4.79 Å². The van der Waals surface area contributed by atoms with Crippen molar-refractivity contribution in [1.82, 2.24) is 19.6 Å². The van der Waals surface area contributed by atoms with Crippen molar-refractivity contribution in [1.29, 1.82) is 0 Å². The normalized spacial score (nSPS) is 11.3. The maximum atomic E-state index is 12.6. The fourth-order valence-corrected chi connectivity index (χ4v) is 3.62. The monoisotopic (exact) mass is 412 g/mol. The van der Waals surface area contributed by atoms with E-state index in [2.05, 4.69) is 24.1 Å². The predicted octanol–water partition coefficient (Wildman–Crippen LogP) is 4.44. The molecule has 5 nitrogen and oxygen atoms in total. The molecule has 0 aliphatic carbocycles. The third-order valence-corrected chi connectivity index (χ3v) is 5.44. The molecule has 0 aliphatic heterocycles. The molecule has 2 aromatic heterocycles. The second kappa shape index (κ2) is 10.4. The number of nitrogens with one attached hydrogen (secondary N) is 1. The highest BCUT2D eigenvalue weighted by Crippen LogP contribution is 2.26. The number of imidazole rings is 1. The van der Waals surface area contributed by atoms with Gasteiger partial charge in [-0.05, 0) is 56.7 Å². The van der Waals surface area contributed by atoms with Gasteiger partial charge in [0.15, 0.2) is 0 Å². The Hall–Kier alpha value is -2.37. The number of unbranched alkanes of at least 4 members (excludes halogenated alkanes) is 1. The number of amides is 1. The zero-order valence-electron chi connectivity index (χ0n) is 17.2. The van der Waals surface area contributed by atoms with Crippen LogP contribution in [0, 0.1) is 0 Å². The lowest BCUT2D eigenvalue weighted by molar-refractivity contribution is -0.120. The topological polar surface area (TPSA) is 49.6 Å². The van der Waals surface area contributed by atoms with Crippen molar-refractivity contribution in [2.45, 2.75) is 33.1 Å². The van der Waals surface area contributed by atoms with Gasteiger partial charge in [-0.1, -0.05) is 43.6 Å². The van der Waals surface area contributed by atoms with Crippen LogP contribution in [0.4, 0.5) is 0 Å². The average Bonchev–Trinajstić information content (AvgIpc) is 3.09. The lowest BCUT2D eigenvalue weighted by atomic mass is 10.1. The Morgan fingerprint density at radius 2 is 1.86 bits per heavy atom. The van der Waals surface area contributed by atoms with Crippen LogP contribution < -0.4 is 5.32 Å². The second-order valence-electron chi connectivity index (χ2n) is 7.10. The summed E-state index contributed by atoms with van der Waals surface area (Å²) < 4.78 is 1.99. The number of hydrogen-bond acceptors (Lipinski definition) is 3. The molecule has 29 heavy (non-hydrogen) atoms. The third-order valence-electron chi connectivity index (χ3n) is 5.19. The number of carbonyl (C=O) groups is 1. The summed E-state index contributed by atoms with van der Waals surface area (Å²) in [5, 5.41) is 3.75. The average molecular weight is 413 g/mol. The van der Waals surface area contributed by atoms with E-state index >= 15 is 0 Å². The number of halogens is 1. The van der Waals surface area contributed by atoms with Gasteiger partial charge in [0.1, 0.15) is 5.65 Å². The van der Waals surface area contributed by atoms with Gasteiger partial charge in [0.05, 0.1) is 17.8 Å². The van der Waals surface area contributed by atoms with Gasteiger partial charge < -0.3 is 14.6 Å². The maximum Gasteiger partial charge on any atom is 0.226 e. The molecule has 0 radical (unpaired) electrons. The van der Waals surface area contributed by atoms with E-state index < -0.39 is 0 Å². The molecule has 1 aromatic carbocycles. The van der Waals surface area contributed by atoms with Crippen LogP contribution in [0.5, 0.6) is 0 Å². The van der Waals surface area contributed by atoms with E-state index in [1.807, 2.05) is 53.1 Å². The molecule has 0 bridgehead atoms. The number of hydrogen-bond donors (Lipinski definition) is 1. The van der Waals surface area contributed by atoms with Crippen LogP contribution in [-0.2, 0) is 11.2 Å². The Bertz CT molecular complexity index is 932. The molecule has 3 aromatic rings. The minimum Gasteiger partial charge on any atom is -0.356 e.